The van der Waals surface area contributed by atoms with E-state index in [4.69, 9.17) is 16.3 Å². The zero-order valence-electron chi connectivity index (χ0n) is 18.4. The highest BCUT2D eigenvalue weighted by atomic mass is 35.5. The lowest BCUT2D eigenvalue weighted by atomic mass is 9.91. The number of nitrogens with one attached hydrogen (secondary N) is 1. The average molecular weight is 473 g/mol. The maximum absolute atomic E-state index is 14.2. The molecule has 1 amide bonds. The molecule has 3 aromatic rings. The molecule has 1 aliphatic rings. The van der Waals surface area contributed by atoms with Crippen molar-refractivity contribution in [3.05, 3.63) is 64.1 Å². The minimum absolute atomic E-state index is 0.00593. The van der Waals surface area contributed by atoms with Gasteiger partial charge >= 0.3 is 5.97 Å². The summed E-state index contributed by atoms with van der Waals surface area (Å²) in [7, 11) is 0. The number of nitrogens with zero attached hydrogens (tertiary/aromatic N) is 1. The van der Waals surface area contributed by atoms with E-state index in [9.17, 15) is 19.1 Å². The van der Waals surface area contributed by atoms with E-state index in [2.05, 4.69) is 5.32 Å². The number of esters is 1. The van der Waals surface area contributed by atoms with Crippen molar-refractivity contribution in [1.82, 2.24) is 9.88 Å². The molecule has 4 rings (SSSR count). The van der Waals surface area contributed by atoms with Gasteiger partial charge in [-0.3, -0.25) is 9.59 Å². The molecule has 2 aromatic carbocycles. The molecule has 1 aliphatic carbocycles. The fourth-order valence-electron chi connectivity index (χ4n) is 4.60. The van der Waals surface area contributed by atoms with E-state index in [1.165, 1.54) is 12.1 Å². The monoisotopic (exact) mass is 472 g/mol. The topological polar surface area (TPSA) is 80.6 Å². The minimum atomic E-state index is -0.444. The third-order valence-electron chi connectivity index (χ3n) is 5.99. The van der Waals surface area contributed by atoms with E-state index in [0.29, 0.717) is 43.0 Å². The number of amides is 1. The number of aromatic nitrogens is 1. The van der Waals surface area contributed by atoms with Gasteiger partial charge in [0.05, 0.1) is 17.1 Å². The number of carbonyl (C=O) groups is 2. The van der Waals surface area contributed by atoms with Crippen molar-refractivity contribution in [2.45, 2.75) is 51.6 Å². The van der Waals surface area contributed by atoms with Crippen molar-refractivity contribution in [1.29, 1.82) is 0 Å². The molecule has 8 heteroatoms. The van der Waals surface area contributed by atoms with Crippen molar-refractivity contribution in [2.75, 3.05) is 6.61 Å². The molecule has 174 valence electrons. The number of aryl methyl sites for hydroxylation is 1. The minimum Gasteiger partial charge on any atom is -0.508 e. The van der Waals surface area contributed by atoms with Gasteiger partial charge in [-0.2, -0.15) is 0 Å². The van der Waals surface area contributed by atoms with Crippen molar-refractivity contribution >= 4 is 34.4 Å². The molecule has 1 atom stereocenters. The van der Waals surface area contributed by atoms with Gasteiger partial charge in [-0.25, -0.2) is 4.39 Å². The van der Waals surface area contributed by atoms with Crippen LogP contribution < -0.4 is 5.32 Å². The summed E-state index contributed by atoms with van der Waals surface area (Å²) in [5.41, 5.74) is 3.34. The van der Waals surface area contributed by atoms with Gasteiger partial charge < -0.3 is 19.7 Å². The lowest BCUT2D eigenvalue weighted by molar-refractivity contribution is -0.143. The highest BCUT2D eigenvalue weighted by molar-refractivity contribution is 6.35. The molecule has 0 saturated heterocycles. The summed E-state index contributed by atoms with van der Waals surface area (Å²) in [5, 5.41) is 13.6. The first-order valence-electron chi connectivity index (χ1n) is 11.1. The van der Waals surface area contributed by atoms with Gasteiger partial charge in [-0.05, 0) is 68.0 Å². The van der Waals surface area contributed by atoms with Gasteiger partial charge in [-0.15, -0.1) is 0 Å². The zero-order chi connectivity index (χ0) is 23.5. The predicted molar refractivity (Wildman–Crippen MR) is 124 cm³/mol. The third kappa shape index (κ3) is 5.14. The SMILES string of the molecule is CCOC(=O)Cn1c2c(c3cc(F)cc(Cl)c31)CC(NC(=O)CCc1cccc(O)c1)CC2. The molecule has 0 fully saturated rings. The average Bonchev–Trinajstić information content (AvgIpc) is 3.05. The largest absolute Gasteiger partial charge is 0.508 e. The molecule has 0 saturated carbocycles. The molecule has 33 heavy (non-hydrogen) atoms. The molecule has 0 bridgehead atoms. The molecule has 1 unspecified atom stereocenters. The Balaban J connectivity index is 1.53. The number of hydrogen-bond donors (Lipinski definition) is 2. The summed E-state index contributed by atoms with van der Waals surface area (Å²) in [5.74, 6) is -0.718. The molecule has 6 nitrogen and oxygen atoms in total. The standard InChI is InChI=1S/C25H26ClFN2O4/c1-2-33-24(32)14-29-22-8-7-17(13-19(22)20-11-16(27)12-21(26)25(20)29)28-23(31)9-6-15-4-3-5-18(30)10-15/h3-5,10-12,17,30H,2,6-9,13-14H2,1H3,(H,28,31). The van der Waals surface area contributed by atoms with Crippen LogP contribution >= 0.6 is 11.6 Å². The second kappa shape index (κ2) is 9.83. The third-order valence-corrected chi connectivity index (χ3v) is 6.27. The smallest absolute Gasteiger partial charge is 0.325 e. The van der Waals surface area contributed by atoms with E-state index >= 15 is 0 Å². The van der Waals surface area contributed by atoms with Gasteiger partial charge in [0, 0.05) is 23.5 Å². The zero-order valence-corrected chi connectivity index (χ0v) is 19.1. The van der Waals surface area contributed by atoms with Crippen LogP contribution in [0.5, 0.6) is 5.75 Å². The molecule has 1 aromatic heterocycles. The van der Waals surface area contributed by atoms with E-state index in [-0.39, 0.29) is 41.8 Å². The molecule has 2 N–H and O–H groups in total. The van der Waals surface area contributed by atoms with Crippen LogP contribution in [0.4, 0.5) is 4.39 Å². The number of halogens is 2. The van der Waals surface area contributed by atoms with Crippen molar-refractivity contribution < 1.29 is 23.8 Å². The number of phenolic OH excluding ortho intramolecular Hbond substituents is 1. The first-order chi connectivity index (χ1) is 15.9. The normalized spacial score (nSPS) is 15.3. The number of ether oxygens (including phenoxy) is 1. The highest BCUT2D eigenvalue weighted by Crippen LogP contribution is 2.36. The van der Waals surface area contributed by atoms with Crippen LogP contribution in [0.1, 0.15) is 36.6 Å². The number of benzene rings is 2. The van der Waals surface area contributed by atoms with Crippen molar-refractivity contribution in [3.8, 4) is 5.75 Å². The fourth-order valence-corrected chi connectivity index (χ4v) is 4.91. The number of rotatable bonds is 7. The lowest BCUT2D eigenvalue weighted by Gasteiger charge is -2.25. The Bertz CT molecular complexity index is 1210. The van der Waals surface area contributed by atoms with Crippen LogP contribution in [0.3, 0.4) is 0 Å². The second-order valence-corrected chi connectivity index (χ2v) is 8.68. The molecule has 0 radical (unpaired) electrons. The number of aromatic hydroxyl groups is 1. The fraction of sp³-hybridized carbons (Fsp3) is 0.360. The summed E-state index contributed by atoms with van der Waals surface area (Å²) in [6.45, 7) is 2.03. The van der Waals surface area contributed by atoms with E-state index in [1.54, 1.807) is 25.1 Å². The Morgan fingerprint density at radius 2 is 2.12 bits per heavy atom. The molecular weight excluding hydrogens is 447 g/mol. The highest BCUT2D eigenvalue weighted by Gasteiger charge is 2.28. The molecular formula is C25H26ClFN2O4. The van der Waals surface area contributed by atoms with Crippen LogP contribution in [-0.4, -0.2) is 34.2 Å². The van der Waals surface area contributed by atoms with E-state index in [1.807, 2.05) is 10.6 Å². The Labute approximate surface area is 196 Å². The Hall–Kier alpha value is -3.06. The summed E-state index contributed by atoms with van der Waals surface area (Å²) in [4.78, 5) is 24.8. The summed E-state index contributed by atoms with van der Waals surface area (Å²) < 4.78 is 21.1. The molecule has 1 heterocycles. The molecule has 0 spiro atoms. The Morgan fingerprint density at radius 3 is 2.88 bits per heavy atom. The Kier molecular flexibility index (Phi) is 6.88. The number of fused-ring (bicyclic) bond motifs is 3. The van der Waals surface area contributed by atoms with Crippen molar-refractivity contribution in [2.24, 2.45) is 0 Å². The van der Waals surface area contributed by atoms with Crippen LogP contribution in [0.2, 0.25) is 5.02 Å². The van der Waals surface area contributed by atoms with E-state index < -0.39 is 5.82 Å². The maximum Gasteiger partial charge on any atom is 0.325 e. The van der Waals surface area contributed by atoms with Gasteiger partial charge in [0.1, 0.15) is 18.1 Å². The summed E-state index contributed by atoms with van der Waals surface area (Å²) in [6.07, 6.45) is 2.68. The second-order valence-electron chi connectivity index (χ2n) is 8.28. The maximum atomic E-state index is 14.2. The van der Waals surface area contributed by atoms with Crippen LogP contribution in [0.15, 0.2) is 36.4 Å². The summed E-state index contributed by atoms with van der Waals surface area (Å²) in [6, 6.07) is 9.45. The van der Waals surface area contributed by atoms with Gasteiger partial charge in [0.15, 0.2) is 0 Å². The van der Waals surface area contributed by atoms with Crippen LogP contribution in [0, 0.1) is 5.82 Å². The Morgan fingerprint density at radius 1 is 1.30 bits per heavy atom. The first kappa shape index (κ1) is 23.1. The molecule has 0 aliphatic heterocycles. The predicted octanol–water partition coefficient (Wildman–Crippen LogP) is 4.31. The number of hydrogen-bond acceptors (Lipinski definition) is 4. The number of phenols is 1. The van der Waals surface area contributed by atoms with E-state index in [0.717, 1.165) is 16.8 Å². The lowest BCUT2D eigenvalue weighted by Crippen LogP contribution is -2.39. The van der Waals surface area contributed by atoms with Crippen LogP contribution in [0.25, 0.3) is 10.9 Å². The van der Waals surface area contributed by atoms with Gasteiger partial charge in [-0.1, -0.05) is 23.7 Å². The van der Waals surface area contributed by atoms with Crippen LogP contribution in [-0.2, 0) is 40.1 Å². The van der Waals surface area contributed by atoms with Gasteiger partial charge in [0.2, 0.25) is 5.91 Å². The van der Waals surface area contributed by atoms with Gasteiger partial charge in [0.25, 0.3) is 0 Å². The summed E-state index contributed by atoms with van der Waals surface area (Å²) >= 11 is 6.38. The quantitative estimate of drug-likeness (QED) is 0.502. The number of carbonyl (C=O) groups excluding carboxylic acids is 2. The van der Waals surface area contributed by atoms with Crippen molar-refractivity contribution in [3.63, 3.8) is 0 Å². The first-order valence-corrected chi connectivity index (χ1v) is 11.5.